The summed E-state index contributed by atoms with van der Waals surface area (Å²) in [7, 11) is 1.60. The lowest BCUT2D eigenvalue weighted by Gasteiger charge is -2.41. The van der Waals surface area contributed by atoms with Gasteiger partial charge in [0.05, 0.1) is 12.1 Å². The number of carboxylic acid groups (broad SMARTS) is 1. The van der Waals surface area contributed by atoms with Gasteiger partial charge in [0.1, 0.15) is 5.70 Å². The number of fused-ring (bicyclic) bond motifs is 3. The number of methoxy groups -OCH3 is 1. The summed E-state index contributed by atoms with van der Waals surface area (Å²) in [6.45, 7) is 1.83. The molecule has 2 fully saturated rings. The van der Waals surface area contributed by atoms with Gasteiger partial charge in [-0.25, -0.2) is 4.79 Å². The van der Waals surface area contributed by atoms with E-state index in [0.29, 0.717) is 0 Å². The summed E-state index contributed by atoms with van der Waals surface area (Å²) in [5.74, 6) is -1.06. The molecule has 102 valence electrons. The van der Waals surface area contributed by atoms with E-state index in [9.17, 15) is 14.7 Å². The quantitative estimate of drug-likeness (QED) is 0.602. The molecule has 2 aliphatic heterocycles. The van der Waals surface area contributed by atoms with E-state index >= 15 is 0 Å². The summed E-state index contributed by atoms with van der Waals surface area (Å²) < 4.78 is 5.44. The number of amides is 1. The minimum Gasteiger partial charge on any atom is -0.477 e. The molecule has 1 aliphatic carbocycles. The fraction of sp³-hybridized carbons (Fsp3) is 0.571. The zero-order chi connectivity index (χ0) is 13.7. The molecule has 5 nitrogen and oxygen atoms in total. The average Bonchev–Trinajstić information content (AvgIpc) is 2.70. The Morgan fingerprint density at radius 2 is 2.21 bits per heavy atom. The summed E-state index contributed by atoms with van der Waals surface area (Å²) in [6, 6.07) is -0.0726. The largest absolute Gasteiger partial charge is 0.477 e. The van der Waals surface area contributed by atoms with Crippen LogP contribution < -0.4 is 0 Å². The zero-order valence-electron chi connectivity index (χ0n) is 11.0. The van der Waals surface area contributed by atoms with Gasteiger partial charge in [0.2, 0.25) is 0 Å². The standard InChI is InChI=1S/C14H17NO4/c1-3-7-11-8-5-4-6-9(19-2)10(8)12(14(17)18)15(11)13(7)16/h3,8-9,11H,4-6H2,1-2H3,(H,17,18)/t8-,9-,11-/m0/s1. The normalized spacial score (nSPS) is 35.3. The maximum Gasteiger partial charge on any atom is 0.352 e. The first-order valence-corrected chi connectivity index (χ1v) is 6.61. The summed E-state index contributed by atoms with van der Waals surface area (Å²) in [6.07, 6.45) is 4.41. The van der Waals surface area contributed by atoms with Gasteiger partial charge < -0.3 is 9.84 Å². The van der Waals surface area contributed by atoms with Gasteiger partial charge in [-0.1, -0.05) is 6.08 Å². The second-order valence-corrected chi connectivity index (χ2v) is 5.23. The Labute approximate surface area is 111 Å². The van der Waals surface area contributed by atoms with Crippen molar-refractivity contribution in [2.24, 2.45) is 5.92 Å². The molecule has 0 bridgehead atoms. The first kappa shape index (κ1) is 12.4. The number of β-lactam (4-membered cyclic amide) rings is 1. The predicted octanol–water partition coefficient (Wildman–Crippen LogP) is 1.31. The van der Waals surface area contributed by atoms with Crippen LogP contribution in [-0.2, 0) is 14.3 Å². The van der Waals surface area contributed by atoms with Crippen molar-refractivity contribution in [2.75, 3.05) is 7.11 Å². The third kappa shape index (κ3) is 1.45. The van der Waals surface area contributed by atoms with Crippen LogP contribution in [0.2, 0.25) is 0 Å². The van der Waals surface area contributed by atoms with E-state index in [1.807, 2.05) is 13.0 Å². The fourth-order valence-corrected chi connectivity index (χ4v) is 3.74. The first-order valence-electron chi connectivity index (χ1n) is 6.61. The molecule has 3 rings (SSSR count). The van der Waals surface area contributed by atoms with E-state index < -0.39 is 5.97 Å². The number of allylic oxidation sites excluding steroid dienone is 1. The van der Waals surface area contributed by atoms with Crippen LogP contribution in [0.1, 0.15) is 26.2 Å². The highest BCUT2D eigenvalue weighted by molar-refractivity contribution is 6.09. The van der Waals surface area contributed by atoms with Crippen LogP contribution in [0.25, 0.3) is 0 Å². The van der Waals surface area contributed by atoms with Crippen LogP contribution in [0, 0.1) is 5.92 Å². The molecule has 3 aliphatic rings. The van der Waals surface area contributed by atoms with Gasteiger partial charge >= 0.3 is 5.97 Å². The van der Waals surface area contributed by atoms with Gasteiger partial charge in [0, 0.05) is 18.6 Å². The molecule has 1 N–H and O–H groups in total. The summed E-state index contributed by atoms with van der Waals surface area (Å²) in [4.78, 5) is 25.0. The molecule has 0 radical (unpaired) electrons. The Balaban J connectivity index is 2.10. The molecule has 3 atom stereocenters. The van der Waals surface area contributed by atoms with E-state index in [0.717, 1.165) is 30.4 Å². The highest BCUT2D eigenvalue weighted by Crippen LogP contribution is 2.51. The van der Waals surface area contributed by atoms with E-state index in [1.165, 1.54) is 4.90 Å². The number of nitrogens with zero attached hydrogens (tertiary/aromatic N) is 1. The monoisotopic (exact) mass is 263 g/mol. The molecule has 0 unspecified atom stereocenters. The molecular formula is C14H17NO4. The Bertz CT molecular complexity index is 520. The van der Waals surface area contributed by atoms with Crippen LogP contribution in [0.15, 0.2) is 22.9 Å². The van der Waals surface area contributed by atoms with E-state index in [2.05, 4.69) is 0 Å². The summed E-state index contributed by atoms with van der Waals surface area (Å²) in [5.41, 5.74) is 1.73. The predicted molar refractivity (Wildman–Crippen MR) is 67.2 cm³/mol. The molecule has 0 spiro atoms. The third-order valence-electron chi connectivity index (χ3n) is 4.48. The van der Waals surface area contributed by atoms with Gasteiger partial charge in [-0.3, -0.25) is 9.69 Å². The third-order valence-corrected chi connectivity index (χ3v) is 4.48. The lowest BCUT2D eigenvalue weighted by atomic mass is 9.75. The Kier molecular flexibility index (Phi) is 2.74. The molecule has 19 heavy (non-hydrogen) atoms. The number of rotatable bonds is 2. The van der Waals surface area contributed by atoms with Crippen LogP contribution >= 0.6 is 0 Å². The van der Waals surface area contributed by atoms with Gasteiger partial charge in [0.15, 0.2) is 0 Å². The smallest absolute Gasteiger partial charge is 0.352 e. The Morgan fingerprint density at radius 3 is 2.79 bits per heavy atom. The molecule has 5 heteroatoms. The second kappa shape index (κ2) is 4.20. The molecule has 0 aromatic carbocycles. The first-order chi connectivity index (χ1) is 9.11. The van der Waals surface area contributed by atoms with Gasteiger partial charge in [-0.15, -0.1) is 0 Å². The van der Waals surface area contributed by atoms with Crippen molar-refractivity contribution in [3.05, 3.63) is 22.9 Å². The zero-order valence-corrected chi connectivity index (χ0v) is 11.0. The second-order valence-electron chi connectivity index (χ2n) is 5.23. The van der Waals surface area contributed by atoms with Crippen molar-refractivity contribution < 1.29 is 19.4 Å². The van der Waals surface area contributed by atoms with Crippen molar-refractivity contribution >= 4 is 11.9 Å². The Hall–Kier alpha value is -1.62. The molecular weight excluding hydrogens is 246 g/mol. The lowest BCUT2D eigenvalue weighted by molar-refractivity contribution is -0.142. The number of hydrogen-bond acceptors (Lipinski definition) is 3. The molecule has 1 saturated carbocycles. The maximum absolute atomic E-state index is 12.0. The number of carbonyl (C=O) groups excluding carboxylic acids is 1. The van der Waals surface area contributed by atoms with Gasteiger partial charge in [-0.05, 0) is 31.8 Å². The van der Waals surface area contributed by atoms with Crippen molar-refractivity contribution in [3.63, 3.8) is 0 Å². The summed E-state index contributed by atoms with van der Waals surface area (Å²) in [5, 5.41) is 9.44. The molecule has 0 aromatic rings. The van der Waals surface area contributed by atoms with Crippen molar-refractivity contribution in [3.8, 4) is 0 Å². The lowest BCUT2D eigenvalue weighted by Crippen LogP contribution is -2.54. The van der Waals surface area contributed by atoms with Gasteiger partial charge in [-0.2, -0.15) is 0 Å². The van der Waals surface area contributed by atoms with Crippen LogP contribution in [0.5, 0.6) is 0 Å². The Morgan fingerprint density at radius 1 is 1.47 bits per heavy atom. The van der Waals surface area contributed by atoms with Crippen LogP contribution in [0.4, 0.5) is 0 Å². The highest BCUT2D eigenvalue weighted by atomic mass is 16.5. The highest BCUT2D eigenvalue weighted by Gasteiger charge is 2.58. The number of carboxylic acids is 1. The van der Waals surface area contributed by atoms with E-state index in [1.54, 1.807) is 7.11 Å². The van der Waals surface area contributed by atoms with E-state index in [-0.39, 0.29) is 29.7 Å². The SMILES string of the molecule is CC=C1C(=O)N2C(C(=O)O)=C3[C@@H](OC)CCC[C@@H]3[C@H]12. The topological polar surface area (TPSA) is 66.8 Å². The molecule has 2 heterocycles. The van der Waals surface area contributed by atoms with Crippen molar-refractivity contribution in [1.29, 1.82) is 0 Å². The number of aliphatic carboxylic acids is 1. The average molecular weight is 263 g/mol. The van der Waals surface area contributed by atoms with Crippen molar-refractivity contribution in [1.82, 2.24) is 4.90 Å². The summed E-state index contributed by atoms with van der Waals surface area (Å²) >= 11 is 0. The molecule has 0 aromatic heterocycles. The van der Waals surface area contributed by atoms with Gasteiger partial charge in [0.25, 0.3) is 5.91 Å². The van der Waals surface area contributed by atoms with Crippen molar-refractivity contribution in [2.45, 2.75) is 38.3 Å². The number of hydrogen-bond donors (Lipinski definition) is 1. The molecule has 1 saturated heterocycles. The van der Waals surface area contributed by atoms with Crippen LogP contribution in [0.3, 0.4) is 0 Å². The number of ether oxygens (including phenoxy) is 1. The number of carbonyl (C=O) groups is 2. The maximum atomic E-state index is 12.0. The minimum atomic E-state index is -1.02. The fourth-order valence-electron chi connectivity index (χ4n) is 3.74. The van der Waals surface area contributed by atoms with Crippen LogP contribution in [-0.4, -0.2) is 41.1 Å². The minimum absolute atomic E-state index is 0.0726. The van der Waals surface area contributed by atoms with E-state index in [4.69, 9.17) is 4.74 Å². The molecule has 1 amide bonds.